The molecule has 0 atom stereocenters. The summed E-state index contributed by atoms with van der Waals surface area (Å²) in [6, 6.07) is 16.9. The number of thiophene rings is 1. The number of nitrogens with one attached hydrogen (secondary N) is 2. The van der Waals surface area contributed by atoms with Crippen LogP contribution in [-0.4, -0.2) is 39.7 Å². The van der Waals surface area contributed by atoms with Crippen molar-refractivity contribution in [3.8, 4) is 5.75 Å². The number of fused-ring (bicyclic) bond motifs is 2. The summed E-state index contributed by atoms with van der Waals surface area (Å²) in [5, 5.41) is 25.5. The molecule has 34 heavy (non-hydrogen) atoms. The van der Waals surface area contributed by atoms with Gasteiger partial charge in [0.1, 0.15) is 16.3 Å². The smallest absolute Gasteiger partial charge is 0.266 e. The molecule has 0 aliphatic carbocycles. The highest BCUT2D eigenvalue weighted by Gasteiger charge is 2.27. The molecule has 8 nitrogen and oxygen atoms in total. The molecule has 0 saturated heterocycles. The normalized spacial score (nSPS) is 12.7. The number of benzene rings is 2. The number of aliphatic hydroxyl groups is 1. The molecule has 1 amide bonds. The fraction of sp³-hybridized carbons (Fsp3) is 0.125. The van der Waals surface area contributed by atoms with Crippen molar-refractivity contribution in [2.75, 3.05) is 13.2 Å². The summed E-state index contributed by atoms with van der Waals surface area (Å²) in [5.41, 5.74) is 1.73. The number of aliphatic imine (C=N–C) groups is 1. The molecule has 0 saturated carbocycles. The van der Waals surface area contributed by atoms with Crippen LogP contribution in [0.1, 0.15) is 21.5 Å². The molecule has 4 aromatic rings. The Morgan fingerprint density at radius 2 is 1.88 bits per heavy atom. The number of rotatable bonds is 6. The van der Waals surface area contributed by atoms with Crippen molar-refractivity contribution in [1.82, 2.24) is 14.6 Å². The Hall–Kier alpha value is -3.60. The third-order valence-corrected chi connectivity index (χ3v) is 7.31. The van der Waals surface area contributed by atoms with Gasteiger partial charge in [-0.15, -0.1) is 11.3 Å². The molecule has 0 radical (unpaired) electrons. The van der Waals surface area contributed by atoms with Gasteiger partial charge in [0.2, 0.25) is 0 Å². The van der Waals surface area contributed by atoms with E-state index in [2.05, 4.69) is 15.0 Å². The van der Waals surface area contributed by atoms with Gasteiger partial charge in [0.25, 0.3) is 11.5 Å². The molecular weight excluding hydrogens is 472 g/mol. The van der Waals surface area contributed by atoms with Gasteiger partial charge < -0.3 is 24.8 Å². The van der Waals surface area contributed by atoms with E-state index in [-0.39, 0.29) is 41.8 Å². The highest BCUT2D eigenvalue weighted by molar-refractivity contribution is 7.98. The predicted octanol–water partition coefficient (Wildman–Crippen LogP) is 3.23. The Balaban J connectivity index is 1.62. The van der Waals surface area contributed by atoms with Crippen LogP contribution in [0.4, 0.5) is 5.00 Å². The fourth-order valence-electron chi connectivity index (χ4n) is 3.79. The number of nitrogens with zero attached hydrogens (tertiary/aromatic N) is 2. The number of carbonyl (C=O) groups is 1. The summed E-state index contributed by atoms with van der Waals surface area (Å²) in [4.78, 5) is 31.2. The van der Waals surface area contributed by atoms with Crippen LogP contribution in [0.5, 0.6) is 5.75 Å². The largest absolute Gasteiger partial charge is 0.506 e. The minimum atomic E-state index is -0.368. The quantitative estimate of drug-likeness (QED) is 0.307. The Morgan fingerprint density at radius 1 is 1.12 bits per heavy atom. The Morgan fingerprint density at radius 3 is 2.68 bits per heavy atom. The van der Waals surface area contributed by atoms with Crippen molar-refractivity contribution >= 4 is 50.9 Å². The zero-order chi connectivity index (χ0) is 23.7. The van der Waals surface area contributed by atoms with Gasteiger partial charge >= 0.3 is 0 Å². The summed E-state index contributed by atoms with van der Waals surface area (Å²) in [6.07, 6.45) is 0. The number of hydrogen-bond acceptors (Lipinski definition) is 8. The second-order valence-electron chi connectivity index (χ2n) is 7.55. The Bertz CT molecular complexity index is 1480. The predicted molar refractivity (Wildman–Crippen MR) is 134 cm³/mol. The topological polar surface area (TPSA) is 116 Å². The molecule has 2 aromatic carbocycles. The summed E-state index contributed by atoms with van der Waals surface area (Å²) in [5.74, 6) is -0.215. The van der Waals surface area contributed by atoms with Crippen LogP contribution in [-0.2, 0) is 6.54 Å². The van der Waals surface area contributed by atoms with E-state index in [1.807, 2.05) is 48.5 Å². The number of aliphatic hydroxyl groups excluding tert-OH is 1. The summed E-state index contributed by atoms with van der Waals surface area (Å²) in [6.45, 7) is 0.345. The van der Waals surface area contributed by atoms with E-state index in [9.17, 15) is 14.7 Å². The molecule has 5 rings (SSSR count). The molecule has 2 aromatic heterocycles. The zero-order valence-corrected chi connectivity index (χ0v) is 19.4. The first-order valence-corrected chi connectivity index (χ1v) is 12.2. The van der Waals surface area contributed by atoms with E-state index >= 15 is 0 Å². The van der Waals surface area contributed by atoms with Crippen molar-refractivity contribution in [2.24, 2.45) is 4.99 Å². The van der Waals surface area contributed by atoms with Crippen molar-refractivity contribution in [3.05, 3.63) is 87.0 Å². The molecule has 3 heterocycles. The lowest BCUT2D eigenvalue weighted by atomic mass is 10.1. The average molecular weight is 493 g/mol. The number of aromatic nitrogens is 1. The van der Waals surface area contributed by atoms with Crippen LogP contribution in [0.2, 0.25) is 0 Å². The number of pyridine rings is 1. The lowest BCUT2D eigenvalue weighted by molar-refractivity contribution is 0.0942. The van der Waals surface area contributed by atoms with Gasteiger partial charge in [0, 0.05) is 17.3 Å². The molecule has 1 aliphatic rings. The fourth-order valence-corrected chi connectivity index (χ4v) is 5.69. The molecule has 0 bridgehead atoms. The Labute approximate surface area is 202 Å². The SMILES string of the molecule is O=C(NCCO)c1csc2c1SNC(c1c(O)c3ccccc3n(Cc3ccccc3)c1=O)=N2. The van der Waals surface area contributed by atoms with E-state index in [1.54, 1.807) is 16.0 Å². The first-order valence-electron chi connectivity index (χ1n) is 10.5. The third kappa shape index (κ3) is 3.96. The molecule has 0 spiro atoms. The number of amidine groups is 1. The highest BCUT2D eigenvalue weighted by atomic mass is 32.2. The van der Waals surface area contributed by atoms with Crippen LogP contribution in [0.25, 0.3) is 10.9 Å². The summed E-state index contributed by atoms with van der Waals surface area (Å²) < 4.78 is 4.67. The van der Waals surface area contributed by atoms with Gasteiger partial charge in [0.15, 0.2) is 5.84 Å². The van der Waals surface area contributed by atoms with Crippen LogP contribution in [0.3, 0.4) is 0 Å². The lowest BCUT2D eigenvalue weighted by Gasteiger charge is -2.19. The lowest BCUT2D eigenvalue weighted by Crippen LogP contribution is -2.33. The summed E-state index contributed by atoms with van der Waals surface area (Å²) in [7, 11) is 0. The monoisotopic (exact) mass is 492 g/mol. The van der Waals surface area contributed by atoms with Crippen LogP contribution < -0.4 is 15.6 Å². The summed E-state index contributed by atoms with van der Waals surface area (Å²) >= 11 is 2.44. The third-order valence-electron chi connectivity index (χ3n) is 5.40. The van der Waals surface area contributed by atoms with Gasteiger partial charge in [-0.25, -0.2) is 4.99 Å². The van der Waals surface area contributed by atoms with Crippen molar-refractivity contribution in [3.63, 3.8) is 0 Å². The van der Waals surface area contributed by atoms with Crippen molar-refractivity contribution in [1.29, 1.82) is 0 Å². The maximum Gasteiger partial charge on any atom is 0.266 e. The van der Waals surface area contributed by atoms with Crippen molar-refractivity contribution in [2.45, 2.75) is 11.4 Å². The van der Waals surface area contributed by atoms with Gasteiger partial charge in [-0.2, -0.15) is 0 Å². The maximum atomic E-state index is 13.6. The number of para-hydroxylation sites is 1. The molecule has 4 N–H and O–H groups in total. The molecule has 1 aliphatic heterocycles. The van der Waals surface area contributed by atoms with Crippen LogP contribution in [0.15, 0.2) is 74.7 Å². The van der Waals surface area contributed by atoms with E-state index in [0.717, 1.165) is 5.56 Å². The van der Waals surface area contributed by atoms with Crippen LogP contribution >= 0.6 is 23.3 Å². The minimum absolute atomic E-state index is 0.0764. The number of aromatic hydroxyl groups is 1. The van der Waals surface area contributed by atoms with Gasteiger partial charge in [-0.3, -0.25) is 9.59 Å². The van der Waals surface area contributed by atoms with Gasteiger partial charge in [0.05, 0.1) is 29.1 Å². The van der Waals surface area contributed by atoms with Gasteiger partial charge in [-0.1, -0.05) is 42.5 Å². The average Bonchev–Trinajstić information content (AvgIpc) is 3.29. The second kappa shape index (κ2) is 9.34. The van der Waals surface area contributed by atoms with Crippen LogP contribution in [0, 0.1) is 0 Å². The first-order chi connectivity index (χ1) is 16.6. The number of hydrogen-bond donors (Lipinski definition) is 4. The molecular formula is C24H20N4O4S2. The zero-order valence-electron chi connectivity index (χ0n) is 17.8. The maximum absolute atomic E-state index is 13.6. The van der Waals surface area contributed by atoms with E-state index in [1.165, 1.54) is 23.3 Å². The minimum Gasteiger partial charge on any atom is -0.506 e. The van der Waals surface area contributed by atoms with Gasteiger partial charge in [-0.05, 0) is 29.6 Å². The van der Waals surface area contributed by atoms with Crippen molar-refractivity contribution < 1.29 is 15.0 Å². The molecule has 0 unspecified atom stereocenters. The Kier molecular flexibility index (Phi) is 6.10. The second-order valence-corrected chi connectivity index (χ2v) is 9.22. The molecule has 10 heteroatoms. The van der Waals surface area contributed by atoms with E-state index in [0.29, 0.717) is 32.9 Å². The number of carbonyl (C=O) groups excluding carboxylic acids is 1. The number of amides is 1. The molecule has 0 fully saturated rings. The highest BCUT2D eigenvalue weighted by Crippen LogP contribution is 2.41. The first kappa shape index (κ1) is 22.2. The standard InChI is InChI=1S/C24H20N4O4S2/c29-11-10-25-22(31)16-13-33-23-20(16)34-27-21(26-23)18-19(30)15-8-4-5-9-17(15)28(24(18)32)12-14-6-2-1-3-7-14/h1-9,13,29-30H,10-12H2,(H,25,31)(H,26,27). The van der Waals surface area contributed by atoms with E-state index in [4.69, 9.17) is 5.11 Å². The molecule has 172 valence electrons. The van der Waals surface area contributed by atoms with E-state index < -0.39 is 0 Å².